The molecule has 1 aliphatic heterocycles. The summed E-state index contributed by atoms with van der Waals surface area (Å²) in [7, 11) is 2.17. The van der Waals surface area contributed by atoms with Gasteiger partial charge in [-0.15, -0.1) is 0 Å². The first-order chi connectivity index (χ1) is 11.3. The summed E-state index contributed by atoms with van der Waals surface area (Å²) < 4.78 is 0. The maximum Gasteiger partial charge on any atom is 0.136 e. The summed E-state index contributed by atoms with van der Waals surface area (Å²) >= 11 is 0. The highest BCUT2D eigenvalue weighted by atomic mass is 15.3. The van der Waals surface area contributed by atoms with Crippen LogP contribution in [0.15, 0.2) is 59.6 Å². The van der Waals surface area contributed by atoms with Gasteiger partial charge in [0, 0.05) is 38.3 Å². The van der Waals surface area contributed by atoms with Crippen molar-refractivity contribution in [3.05, 3.63) is 65.7 Å². The molecule has 3 rings (SSSR count). The number of piperazine rings is 1. The number of hydrogen-bond acceptors (Lipinski definition) is 3. The van der Waals surface area contributed by atoms with Crippen molar-refractivity contribution >= 4 is 11.5 Å². The summed E-state index contributed by atoms with van der Waals surface area (Å²) in [6.45, 7) is 4.67. The molecule has 2 N–H and O–H groups in total. The molecule has 23 heavy (non-hydrogen) atoms. The van der Waals surface area contributed by atoms with E-state index in [1.165, 1.54) is 0 Å². The number of hydrogen-bond donors (Lipinski definition) is 1. The summed E-state index contributed by atoms with van der Waals surface area (Å²) in [6.07, 6.45) is 0. The van der Waals surface area contributed by atoms with Gasteiger partial charge in [-0.3, -0.25) is 0 Å². The van der Waals surface area contributed by atoms with Crippen molar-refractivity contribution in [3.8, 4) is 0 Å². The molecule has 0 unspecified atom stereocenters. The van der Waals surface area contributed by atoms with E-state index < -0.39 is 0 Å². The van der Waals surface area contributed by atoms with Crippen LogP contribution < -0.4 is 5.73 Å². The molecule has 0 spiro atoms. The van der Waals surface area contributed by atoms with Crippen molar-refractivity contribution in [1.29, 1.82) is 0 Å². The molecule has 2 aromatic rings. The second-order valence-electron chi connectivity index (χ2n) is 5.97. The Balaban J connectivity index is 1.95. The number of amidine groups is 1. The molecule has 0 aromatic heterocycles. The SMILES string of the molecule is CN1CCN(C(=Nc2cccc(CN)c2)c2ccccc2)CC1. The number of nitrogens with two attached hydrogens (primary N) is 1. The molecule has 0 amide bonds. The van der Waals surface area contributed by atoms with Crippen LogP contribution in [0.4, 0.5) is 5.69 Å². The Hall–Kier alpha value is -2.17. The predicted molar refractivity (Wildman–Crippen MR) is 96.0 cm³/mol. The minimum absolute atomic E-state index is 0.540. The van der Waals surface area contributed by atoms with Gasteiger partial charge < -0.3 is 15.5 Å². The Labute approximate surface area is 138 Å². The van der Waals surface area contributed by atoms with Crippen LogP contribution >= 0.6 is 0 Å². The average molecular weight is 308 g/mol. The lowest BCUT2D eigenvalue weighted by Gasteiger charge is -2.34. The molecular formula is C19H24N4. The molecule has 0 bridgehead atoms. The molecule has 1 saturated heterocycles. The molecule has 4 heteroatoms. The summed E-state index contributed by atoms with van der Waals surface area (Å²) in [5.41, 5.74) is 8.99. The number of nitrogens with zero attached hydrogens (tertiary/aromatic N) is 3. The summed E-state index contributed by atoms with van der Waals surface area (Å²) in [5, 5.41) is 0. The molecule has 0 aliphatic carbocycles. The third-order valence-corrected chi connectivity index (χ3v) is 4.22. The summed E-state index contributed by atoms with van der Waals surface area (Å²) in [4.78, 5) is 9.69. The number of benzene rings is 2. The highest BCUT2D eigenvalue weighted by molar-refractivity contribution is 6.00. The minimum atomic E-state index is 0.540. The van der Waals surface area contributed by atoms with E-state index in [2.05, 4.69) is 47.2 Å². The fraction of sp³-hybridized carbons (Fsp3) is 0.316. The Morgan fingerprint density at radius 2 is 1.74 bits per heavy atom. The highest BCUT2D eigenvalue weighted by Crippen LogP contribution is 2.18. The van der Waals surface area contributed by atoms with Crippen LogP contribution in [-0.2, 0) is 6.54 Å². The van der Waals surface area contributed by atoms with Crippen LogP contribution in [0.2, 0.25) is 0 Å². The highest BCUT2D eigenvalue weighted by Gasteiger charge is 2.18. The quantitative estimate of drug-likeness (QED) is 0.700. The van der Waals surface area contributed by atoms with Crippen molar-refractivity contribution in [2.24, 2.45) is 10.7 Å². The molecular weight excluding hydrogens is 284 g/mol. The molecule has 1 heterocycles. The lowest BCUT2D eigenvalue weighted by atomic mass is 10.1. The molecule has 0 atom stereocenters. The third kappa shape index (κ3) is 3.97. The largest absolute Gasteiger partial charge is 0.354 e. The summed E-state index contributed by atoms with van der Waals surface area (Å²) in [5.74, 6) is 1.05. The van der Waals surface area contributed by atoms with Gasteiger partial charge in [-0.05, 0) is 24.7 Å². The van der Waals surface area contributed by atoms with Gasteiger partial charge in [0.05, 0.1) is 5.69 Å². The van der Waals surface area contributed by atoms with E-state index in [0.717, 1.165) is 48.8 Å². The second kappa shape index (κ2) is 7.40. The molecule has 4 nitrogen and oxygen atoms in total. The van der Waals surface area contributed by atoms with E-state index in [-0.39, 0.29) is 0 Å². The van der Waals surface area contributed by atoms with E-state index in [4.69, 9.17) is 10.7 Å². The van der Waals surface area contributed by atoms with E-state index in [0.29, 0.717) is 6.54 Å². The number of likely N-dealkylation sites (N-methyl/N-ethyl adjacent to an activating group) is 1. The van der Waals surface area contributed by atoms with E-state index in [1.807, 2.05) is 24.3 Å². The Morgan fingerprint density at radius 3 is 2.43 bits per heavy atom. The van der Waals surface area contributed by atoms with Crippen molar-refractivity contribution in [1.82, 2.24) is 9.80 Å². The monoisotopic (exact) mass is 308 g/mol. The molecule has 0 saturated carbocycles. The van der Waals surface area contributed by atoms with E-state index in [1.54, 1.807) is 0 Å². The average Bonchev–Trinajstić information content (AvgIpc) is 2.61. The van der Waals surface area contributed by atoms with Crippen LogP contribution in [0, 0.1) is 0 Å². The molecule has 0 radical (unpaired) electrons. The van der Waals surface area contributed by atoms with Crippen LogP contribution in [0.5, 0.6) is 0 Å². The van der Waals surface area contributed by atoms with Crippen LogP contribution in [-0.4, -0.2) is 48.9 Å². The second-order valence-corrected chi connectivity index (χ2v) is 5.97. The normalized spacial score (nSPS) is 16.6. The number of aliphatic imine (C=N–C) groups is 1. The maximum atomic E-state index is 5.75. The van der Waals surface area contributed by atoms with Gasteiger partial charge in [0.15, 0.2) is 0 Å². The van der Waals surface area contributed by atoms with Gasteiger partial charge in [-0.1, -0.05) is 42.5 Å². The maximum absolute atomic E-state index is 5.75. The lowest BCUT2D eigenvalue weighted by Crippen LogP contribution is -2.47. The smallest absolute Gasteiger partial charge is 0.136 e. The van der Waals surface area contributed by atoms with Gasteiger partial charge in [-0.25, -0.2) is 4.99 Å². The van der Waals surface area contributed by atoms with Gasteiger partial charge >= 0.3 is 0 Å². The Morgan fingerprint density at radius 1 is 1.00 bits per heavy atom. The standard InChI is InChI=1S/C19H24N4/c1-22-10-12-23(13-11-22)19(17-7-3-2-4-8-17)21-18-9-5-6-16(14-18)15-20/h2-9,14H,10-13,15,20H2,1H3. The number of rotatable bonds is 3. The Bertz CT molecular complexity index is 658. The molecule has 1 fully saturated rings. The fourth-order valence-corrected chi connectivity index (χ4v) is 2.80. The zero-order valence-electron chi connectivity index (χ0n) is 13.7. The topological polar surface area (TPSA) is 44.9 Å². The van der Waals surface area contributed by atoms with Crippen LogP contribution in [0.1, 0.15) is 11.1 Å². The van der Waals surface area contributed by atoms with Crippen molar-refractivity contribution in [2.75, 3.05) is 33.2 Å². The van der Waals surface area contributed by atoms with E-state index >= 15 is 0 Å². The fourth-order valence-electron chi connectivity index (χ4n) is 2.80. The van der Waals surface area contributed by atoms with Gasteiger partial charge in [-0.2, -0.15) is 0 Å². The summed E-state index contributed by atoms with van der Waals surface area (Å²) in [6, 6.07) is 18.6. The van der Waals surface area contributed by atoms with Crippen molar-refractivity contribution in [3.63, 3.8) is 0 Å². The predicted octanol–water partition coefficient (Wildman–Crippen LogP) is 2.47. The molecule has 120 valence electrons. The first kappa shape index (κ1) is 15.7. The van der Waals surface area contributed by atoms with Crippen molar-refractivity contribution in [2.45, 2.75) is 6.54 Å². The van der Waals surface area contributed by atoms with Gasteiger partial charge in [0.1, 0.15) is 5.84 Å². The zero-order valence-corrected chi connectivity index (χ0v) is 13.7. The minimum Gasteiger partial charge on any atom is -0.354 e. The van der Waals surface area contributed by atoms with Crippen molar-refractivity contribution < 1.29 is 0 Å². The van der Waals surface area contributed by atoms with Crippen LogP contribution in [0.25, 0.3) is 0 Å². The van der Waals surface area contributed by atoms with Gasteiger partial charge in [0.25, 0.3) is 0 Å². The third-order valence-electron chi connectivity index (χ3n) is 4.22. The zero-order chi connectivity index (χ0) is 16.1. The first-order valence-electron chi connectivity index (χ1n) is 8.13. The molecule has 1 aliphatic rings. The van der Waals surface area contributed by atoms with Crippen LogP contribution in [0.3, 0.4) is 0 Å². The van der Waals surface area contributed by atoms with E-state index in [9.17, 15) is 0 Å². The molecule has 2 aromatic carbocycles. The lowest BCUT2D eigenvalue weighted by molar-refractivity contribution is 0.216. The first-order valence-corrected chi connectivity index (χ1v) is 8.13. The Kier molecular flexibility index (Phi) is 5.05. The van der Waals surface area contributed by atoms with Gasteiger partial charge in [0.2, 0.25) is 0 Å².